The van der Waals surface area contributed by atoms with Crippen molar-refractivity contribution in [2.45, 2.75) is 37.9 Å². The Kier molecular flexibility index (Phi) is 5.87. The smallest absolute Gasteiger partial charge is 0.411 e. The van der Waals surface area contributed by atoms with Gasteiger partial charge in [0, 0.05) is 12.6 Å². The second kappa shape index (κ2) is 6.94. The van der Waals surface area contributed by atoms with Crippen LogP contribution in [0.5, 0.6) is 0 Å². The van der Waals surface area contributed by atoms with E-state index in [4.69, 9.17) is 5.11 Å². The van der Waals surface area contributed by atoms with Crippen molar-refractivity contribution >= 4 is 5.97 Å². The van der Waals surface area contributed by atoms with Crippen LogP contribution in [-0.4, -0.2) is 43.1 Å². The van der Waals surface area contributed by atoms with Crippen molar-refractivity contribution in [3.8, 4) is 0 Å². The molecule has 0 bridgehead atoms. The van der Waals surface area contributed by atoms with Crippen LogP contribution >= 0.6 is 0 Å². The molecule has 0 spiro atoms. The third-order valence-electron chi connectivity index (χ3n) is 3.02. The van der Waals surface area contributed by atoms with Crippen molar-refractivity contribution in [2.75, 3.05) is 19.8 Å². The molecule has 18 heavy (non-hydrogen) atoms. The van der Waals surface area contributed by atoms with Gasteiger partial charge in [0.2, 0.25) is 0 Å². The van der Waals surface area contributed by atoms with Gasteiger partial charge in [-0.2, -0.15) is 13.2 Å². The fraction of sp³-hybridized carbons (Fsp3) is 0.909. The quantitative estimate of drug-likeness (QED) is 0.722. The first kappa shape index (κ1) is 15.2. The van der Waals surface area contributed by atoms with Crippen LogP contribution in [0.1, 0.15) is 25.7 Å². The number of rotatable bonds is 6. The first-order chi connectivity index (χ1) is 8.38. The van der Waals surface area contributed by atoms with Crippen LogP contribution < -0.4 is 5.32 Å². The highest BCUT2D eigenvalue weighted by atomic mass is 19.4. The van der Waals surface area contributed by atoms with Gasteiger partial charge in [0.05, 0.1) is 12.5 Å². The Balaban J connectivity index is 2.03. The molecule has 0 aromatic rings. The normalized spacial score (nSPS) is 25.1. The largest absolute Gasteiger partial charge is 0.481 e. The highest BCUT2D eigenvalue weighted by Gasteiger charge is 2.27. The number of hydrogen-bond donors (Lipinski definition) is 2. The minimum absolute atomic E-state index is 0.0123. The maximum atomic E-state index is 11.8. The highest BCUT2D eigenvalue weighted by molar-refractivity contribution is 5.70. The molecule has 0 unspecified atom stereocenters. The van der Waals surface area contributed by atoms with Gasteiger partial charge in [0.1, 0.15) is 6.61 Å². The van der Waals surface area contributed by atoms with Gasteiger partial charge in [-0.1, -0.05) is 0 Å². The average molecular weight is 269 g/mol. The summed E-state index contributed by atoms with van der Waals surface area (Å²) in [5, 5.41) is 11.9. The predicted molar refractivity (Wildman–Crippen MR) is 58.3 cm³/mol. The molecule has 0 atom stereocenters. The van der Waals surface area contributed by atoms with Gasteiger partial charge in [-0.15, -0.1) is 0 Å². The second-order valence-electron chi connectivity index (χ2n) is 4.51. The van der Waals surface area contributed by atoms with Crippen molar-refractivity contribution in [2.24, 2.45) is 5.92 Å². The third kappa shape index (κ3) is 6.20. The van der Waals surface area contributed by atoms with E-state index in [2.05, 4.69) is 10.1 Å². The topological polar surface area (TPSA) is 58.6 Å². The zero-order chi connectivity index (χ0) is 13.6. The van der Waals surface area contributed by atoms with E-state index < -0.39 is 18.8 Å². The van der Waals surface area contributed by atoms with Crippen LogP contribution in [0.2, 0.25) is 0 Å². The van der Waals surface area contributed by atoms with Gasteiger partial charge in [0.15, 0.2) is 0 Å². The molecule has 0 saturated heterocycles. The molecule has 2 N–H and O–H groups in total. The summed E-state index contributed by atoms with van der Waals surface area (Å²) in [6.45, 7) is -0.850. The lowest BCUT2D eigenvalue weighted by Crippen LogP contribution is -2.37. The van der Waals surface area contributed by atoms with E-state index in [0.717, 1.165) is 12.8 Å². The number of alkyl halides is 3. The van der Waals surface area contributed by atoms with Crippen LogP contribution in [0.25, 0.3) is 0 Å². The van der Waals surface area contributed by atoms with Crippen LogP contribution in [0.15, 0.2) is 0 Å². The Morgan fingerprint density at radius 1 is 1.28 bits per heavy atom. The first-order valence-corrected chi connectivity index (χ1v) is 5.99. The second-order valence-corrected chi connectivity index (χ2v) is 4.51. The standard InChI is InChI=1S/C11H18F3NO3/c12-11(13,14)7-18-6-5-15-9-3-1-8(2-4-9)10(16)17/h8-9,15H,1-7H2,(H,16,17). The Bertz CT molecular complexity index is 263. The molecule has 1 fully saturated rings. The van der Waals surface area contributed by atoms with Crippen LogP contribution in [0.4, 0.5) is 13.2 Å². The fourth-order valence-corrected chi connectivity index (χ4v) is 2.07. The van der Waals surface area contributed by atoms with Gasteiger partial charge in [-0.25, -0.2) is 0 Å². The molecule has 0 amide bonds. The lowest BCUT2D eigenvalue weighted by atomic mass is 9.86. The number of carboxylic acid groups (broad SMARTS) is 1. The lowest BCUT2D eigenvalue weighted by Gasteiger charge is -2.26. The molecule has 0 aliphatic heterocycles. The van der Waals surface area contributed by atoms with Crippen molar-refractivity contribution in [1.29, 1.82) is 0 Å². The van der Waals surface area contributed by atoms with E-state index in [9.17, 15) is 18.0 Å². The molecular formula is C11H18F3NO3. The van der Waals surface area contributed by atoms with Crippen molar-refractivity contribution in [1.82, 2.24) is 5.32 Å². The van der Waals surface area contributed by atoms with Gasteiger partial charge in [-0.05, 0) is 25.7 Å². The van der Waals surface area contributed by atoms with Crippen molar-refractivity contribution in [3.63, 3.8) is 0 Å². The number of hydrogen-bond acceptors (Lipinski definition) is 3. The summed E-state index contributed by atoms with van der Waals surface area (Å²) in [5.41, 5.74) is 0. The molecule has 1 aliphatic rings. The number of carboxylic acids is 1. The SMILES string of the molecule is O=C(O)C1CCC(NCCOCC(F)(F)F)CC1. The minimum atomic E-state index is -4.28. The number of halogens is 3. The van der Waals surface area contributed by atoms with E-state index in [1.54, 1.807) is 0 Å². The number of nitrogens with one attached hydrogen (secondary N) is 1. The first-order valence-electron chi connectivity index (χ1n) is 5.99. The molecule has 0 heterocycles. The molecule has 106 valence electrons. The maximum Gasteiger partial charge on any atom is 0.411 e. The third-order valence-corrected chi connectivity index (χ3v) is 3.02. The molecule has 7 heteroatoms. The molecular weight excluding hydrogens is 251 g/mol. The van der Waals surface area contributed by atoms with Gasteiger partial charge < -0.3 is 15.2 Å². The Morgan fingerprint density at radius 3 is 2.39 bits per heavy atom. The van der Waals surface area contributed by atoms with Gasteiger partial charge in [0.25, 0.3) is 0 Å². The van der Waals surface area contributed by atoms with E-state index in [-0.39, 0.29) is 18.6 Å². The van der Waals surface area contributed by atoms with Crippen molar-refractivity contribution in [3.05, 3.63) is 0 Å². The van der Waals surface area contributed by atoms with Crippen LogP contribution in [-0.2, 0) is 9.53 Å². The predicted octanol–water partition coefficient (Wildman–Crippen LogP) is 1.80. The molecule has 4 nitrogen and oxygen atoms in total. The number of ether oxygens (including phenoxy) is 1. The number of carbonyl (C=O) groups is 1. The summed E-state index contributed by atoms with van der Waals surface area (Å²) in [6, 6.07) is 0.190. The van der Waals surface area contributed by atoms with E-state index in [1.807, 2.05) is 0 Å². The minimum Gasteiger partial charge on any atom is -0.481 e. The molecule has 0 aromatic heterocycles. The summed E-state index contributed by atoms with van der Waals surface area (Å²) in [5.74, 6) is -1.04. The van der Waals surface area contributed by atoms with E-state index in [0.29, 0.717) is 19.4 Å². The summed E-state index contributed by atoms with van der Waals surface area (Å²) >= 11 is 0. The summed E-state index contributed by atoms with van der Waals surface area (Å²) in [4.78, 5) is 10.7. The number of aliphatic carboxylic acids is 1. The van der Waals surface area contributed by atoms with Crippen LogP contribution in [0.3, 0.4) is 0 Å². The zero-order valence-corrected chi connectivity index (χ0v) is 10.0. The molecule has 0 radical (unpaired) electrons. The van der Waals surface area contributed by atoms with Crippen LogP contribution in [0, 0.1) is 5.92 Å². The lowest BCUT2D eigenvalue weighted by molar-refractivity contribution is -0.173. The highest BCUT2D eigenvalue weighted by Crippen LogP contribution is 2.24. The average Bonchev–Trinajstić information content (AvgIpc) is 2.27. The molecule has 1 rings (SSSR count). The van der Waals surface area contributed by atoms with Gasteiger partial charge >= 0.3 is 12.1 Å². The maximum absolute atomic E-state index is 11.8. The van der Waals surface area contributed by atoms with E-state index >= 15 is 0 Å². The van der Waals surface area contributed by atoms with Crippen molar-refractivity contribution < 1.29 is 27.8 Å². The zero-order valence-electron chi connectivity index (χ0n) is 10.0. The summed E-state index contributed by atoms with van der Waals surface area (Å²) in [6.07, 6.45) is -1.54. The molecule has 1 saturated carbocycles. The van der Waals surface area contributed by atoms with E-state index in [1.165, 1.54) is 0 Å². The van der Waals surface area contributed by atoms with Gasteiger partial charge in [-0.3, -0.25) is 4.79 Å². The molecule has 0 aromatic carbocycles. The molecule has 1 aliphatic carbocycles. The monoisotopic (exact) mass is 269 g/mol. The summed E-state index contributed by atoms with van der Waals surface area (Å²) < 4.78 is 39.7. The fourth-order valence-electron chi connectivity index (χ4n) is 2.07. The Hall–Kier alpha value is -0.820. The Labute approximate surface area is 103 Å². The Morgan fingerprint density at radius 2 is 1.89 bits per heavy atom. The summed E-state index contributed by atoms with van der Waals surface area (Å²) in [7, 11) is 0.